The lowest BCUT2D eigenvalue weighted by Gasteiger charge is -2.32. The van der Waals surface area contributed by atoms with E-state index in [-0.39, 0.29) is 5.91 Å². The van der Waals surface area contributed by atoms with Crippen LogP contribution in [0.15, 0.2) is 12.1 Å². The van der Waals surface area contributed by atoms with Crippen molar-refractivity contribution in [1.82, 2.24) is 5.32 Å². The molecule has 4 N–H and O–H groups in total. The van der Waals surface area contributed by atoms with Crippen LogP contribution in [0.5, 0.6) is 0 Å². The number of aliphatic hydroxyl groups is 1. The summed E-state index contributed by atoms with van der Waals surface area (Å²) in [6.07, 6.45) is 4.76. The topological polar surface area (TPSA) is 75.3 Å². The van der Waals surface area contributed by atoms with Crippen LogP contribution in [-0.4, -0.2) is 23.2 Å². The molecule has 0 spiro atoms. The number of hydrogen-bond donors (Lipinski definition) is 3. The molecule has 0 heterocycles. The van der Waals surface area contributed by atoms with Gasteiger partial charge in [0, 0.05) is 17.8 Å². The number of carbonyl (C=O) groups excluding carboxylic acids is 1. The number of rotatable bonds is 3. The van der Waals surface area contributed by atoms with Gasteiger partial charge in [0.05, 0.1) is 5.60 Å². The summed E-state index contributed by atoms with van der Waals surface area (Å²) in [6, 6.07) is 3.63. The minimum Gasteiger partial charge on any atom is -0.398 e. The van der Waals surface area contributed by atoms with Crippen molar-refractivity contribution in [3.05, 3.63) is 28.8 Å². The van der Waals surface area contributed by atoms with Gasteiger partial charge in [0.25, 0.3) is 5.91 Å². The molecule has 0 aliphatic heterocycles. The number of nitrogens with two attached hydrogens (primary N) is 1. The van der Waals surface area contributed by atoms with Crippen LogP contribution in [0.3, 0.4) is 0 Å². The lowest BCUT2D eigenvalue weighted by atomic mass is 9.85. The molecule has 2 rings (SSSR count). The predicted molar refractivity (Wildman–Crippen MR) is 80.7 cm³/mol. The van der Waals surface area contributed by atoms with E-state index in [1.54, 1.807) is 6.07 Å². The molecule has 1 aliphatic rings. The average molecular weight is 276 g/mol. The first-order valence-corrected chi connectivity index (χ1v) is 7.29. The number of hydrogen-bond acceptors (Lipinski definition) is 3. The normalized spacial score (nSPS) is 17.8. The molecule has 1 aromatic carbocycles. The Hall–Kier alpha value is -1.55. The fraction of sp³-hybridized carbons (Fsp3) is 0.562. The first-order valence-electron chi connectivity index (χ1n) is 7.29. The van der Waals surface area contributed by atoms with Crippen LogP contribution >= 0.6 is 0 Å². The number of carbonyl (C=O) groups is 1. The van der Waals surface area contributed by atoms with Gasteiger partial charge in [-0.15, -0.1) is 0 Å². The van der Waals surface area contributed by atoms with Crippen molar-refractivity contribution < 1.29 is 9.90 Å². The van der Waals surface area contributed by atoms with E-state index in [0.717, 1.165) is 36.8 Å². The van der Waals surface area contributed by atoms with Crippen LogP contribution in [-0.2, 0) is 0 Å². The molecule has 4 heteroatoms. The number of anilines is 1. The quantitative estimate of drug-likeness (QED) is 0.742. The maximum Gasteiger partial charge on any atom is 0.251 e. The van der Waals surface area contributed by atoms with E-state index in [1.165, 1.54) is 6.42 Å². The van der Waals surface area contributed by atoms with Crippen LogP contribution in [0.4, 0.5) is 5.69 Å². The molecule has 1 fully saturated rings. The van der Waals surface area contributed by atoms with Crippen molar-refractivity contribution in [2.45, 2.75) is 51.6 Å². The van der Waals surface area contributed by atoms with Gasteiger partial charge in [0.2, 0.25) is 0 Å². The molecule has 110 valence electrons. The van der Waals surface area contributed by atoms with Crippen molar-refractivity contribution >= 4 is 11.6 Å². The average Bonchev–Trinajstić information content (AvgIpc) is 2.41. The highest BCUT2D eigenvalue weighted by molar-refractivity contribution is 5.96. The summed E-state index contributed by atoms with van der Waals surface area (Å²) >= 11 is 0. The Kier molecular flexibility index (Phi) is 4.33. The number of aryl methyl sites for hydroxylation is 2. The second-order valence-electron chi connectivity index (χ2n) is 5.99. The standard InChI is InChI=1S/C16H24N2O2/c1-11-8-12(2)14(17)9-13(11)15(19)18-10-16(20)6-4-3-5-7-16/h8-9,20H,3-7,10,17H2,1-2H3,(H,18,19). The minimum atomic E-state index is -0.738. The van der Waals surface area contributed by atoms with E-state index >= 15 is 0 Å². The molecule has 0 aromatic heterocycles. The van der Waals surface area contributed by atoms with Gasteiger partial charge < -0.3 is 16.2 Å². The first-order chi connectivity index (χ1) is 9.41. The fourth-order valence-electron chi connectivity index (χ4n) is 2.84. The molecule has 1 amide bonds. The summed E-state index contributed by atoms with van der Waals surface area (Å²) in [4.78, 5) is 12.2. The van der Waals surface area contributed by atoms with Gasteiger partial charge in [-0.2, -0.15) is 0 Å². The Morgan fingerprint density at radius 3 is 2.55 bits per heavy atom. The monoisotopic (exact) mass is 276 g/mol. The zero-order chi connectivity index (χ0) is 14.8. The molecule has 0 atom stereocenters. The molecule has 0 unspecified atom stereocenters. The molecule has 1 saturated carbocycles. The molecule has 0 saturated heterocycles. The fourth-order valence-corrected chi connectivity index (χ4v) is 2.84. The lowest BCUT2D eigenvalue weighted by molar-refractivity contribution is 0.00525. The van der Waals surface area contributed by atoms with Gasteiger partial charge in [-0.05, 0) is 43.9 Å². The third kappa shape index (κ3) is 3.31. The maximum atomic E-state index is 12.2. The van der Waals surface area contributed by atoms with E-state index in [4.69, 9.17) is 5.73 Å². The summed E-state index contributed by atoms with van der Waals surface area (Å²) in [5.41, 5.74) is 8.22. The minimum absolute atomic E-state index is 0.159. The van der Waals surface area contributed by atoms with E-state index in [2.05, 4.69) is 5.32 Å². The largest absolute Gasteiger partial charge is 0.398 e. The molecular weight excluding hydrogens is 252 g/mol. The van der Waals surface area contributed by atoms with E-state index in [0.29, 0.717) is 17.8 Å². The summed E-state index contributed by atoms with van der Waals surface area (Å²) in [7, 11) is 0. The third-order valence-corrected chi connectivity index (χ3v) is 4.22. The summed E-state index contributed by atoms with van der Waals surface area (Å²) < 4.78 is 0. The van der Waals surface area contributed by atoms with Gasteiger partial charge in [0.1, 0.15) is 0 Å². The maximum absolute atomic E-state index is 12.2. The molecule has 4 nitrogen and oxygen atoms in total. The number of nitrogen functional groups attached to an aromatic ring is 1. The predicted octanol–water partition coefficient (Wildman–Crippen LogP) is 2.31. The Morgan fingerprint density at radius 2 is 1.90 bits per heavy atom. The van der Waals surface area contributed by atoms with Crippen LogP contribution in [0.25, 0.3) is 0 Å². The second-order valence-corrected chi connectivity index (χ2v) is 5.99. The molecule has 0 bridgehead atoms. The zero-order valence-electron chi connectivity index (χ0n) is 12.3. The zero-order valence-corrected chi connectivity index (χ0v) is 12.3. The van der Waals surface area contributed by atoms with Gasteiger partial charge >= 0.3 is 0 Å². The number of benzene rings is 1. The number of amides is 1. The van der Waals surface area contributed by atoms with Crippen molar-refractivity contribution in [1.29, 1.82) is 0 Å². The Labute approximate surface area is 120 Å². The van der Waals surface area contributed by atoms with Gasteiger partial charge in [-0.25, -0.2) is 0 Å². The van der Waals surface area contributed by atoms with E-state index in [9.17, 15) is 9.90 Å². The van der Waals surface area contributed by atoms with Gasteiger partial charge in [-0.3, -0.25) is 4.79 Å². The summed E-state index contributed by atoms with van der Waals surface area (Å²) in [5, 5.41) is 13.2. The Morgan fingerprint density at radius 1 is 1.25 bits per heavy atom. The Balaban J connectivity index is 2.03. The van der Waals surface area contributed by atoms with Crippen LogP contribution < -0.4 is 11.1 Å². The first kappa shape index (κ1) is 14.9. The summed E-state index contributed by atoms with van der Waals surface area (Å²) in [5.74, 6) is -0.159. The van der Waals surface area contributed by atoms with Crippen LogP contribution in [0.1, 0.15) is 53.6 Å². The van der Waals surface area contributed by atoms with Crippen molar-refractivity contribution in [2.24, 2.45) is 0 Å². The lowest BCUT2D eigenvalue weighted by Crippen LogP contribution is -2.44. The molecule has 1 aromatic rings. The van der Waals surface area contributed by atoms with Gasteiger partial charge in [-0.1, -0.05) is 25.3 Å². The molecular formula is C16H24N2O2. The number of nitrogens with one attached hydrogen (secondary N) is 1. The van der Waals surface area contributed by atoms with Gasteiger partial charge in [0.15, 0.2) is 0 Å². The highest BCUT2D eigenvalue weighted by Crippen LogP contribution is 2.27. The smallest absolute Gasteiger partial charge is 0.251 e. The second kappa shape index (κ2) is 5.83. The highest BCUT2D eigenvalue weighted by atomic mass is 16.3. The van der Waals surface area contributed by atoms with Crippen LogP contribution in [0.2, 0.25) is 0 Å². The molecule has 0 radical (unpaired) electrons. The van der Waals surface area contributed by atoms with E-state index < -0.39 is 5.60 Å². The molecule has 1 aliphatic carbocycles. The summed E-state index contributed by atoms with van der Waals surface area (Å²) in [6.45, 7) is 4.14. The van der Waals surface area contributed by atoms with Crippen molar-refractivity contribution in [3.63, 3.8) is 0 Å². The highest BCUT2D eigenvalue weighted by Gasteiger charge is 2.29. The SMILES string of the molecule is Cc1cc(C)c(C(=O)NCC2(O)CCCCC2)cc1N. The van der Waals surface area contributed by atoms with Crippen LogP contribution in [0, 0.1) is 13.8 Å². The van der Waals surface area contributed by atoms with Crippen molar-refractivity contribution in [2.75, 3.05) is 12.3 Å². The third-order valence-electron chi connectivity index (χ3n) is 4.22. The van der Waals surface area contributed by atoms with E-state index in [1.807, 2.05) is 19.9 Å². The molecule has 20 heavy (non-hydrogen) atoms. The Bertz CT molecular complexity index is 505. The van der Waals surface area contributed by atoms with Crippen molar-refractivity contribution in [3.8, 4) is 0 Å².